The van der Waals surface area contributed by atoms with Gasteiger partial charge in [-0.15, -0.1) is 0 Å². The Morgan fingerprint density at radius 3 is 3.14 bits per heavy atom. The second-order valence-corrected chi connectivity index (χ2v) is 3.53. The van der Waals surface area contributed by atoms with Crippen LogP contribution >= 0.6 is 0 Å². The molecule has 0 unspecified atom stereocenters. The Hall–Kier alpha value is -1.22. The number of nitrogens with zero attached hydrogens (tertiary/aromatic N) is 1. The molecule has 1 aromatic rings. The SMILES string of the molecule is Cc1ccc2c(c1)OCCN2CCO. The van der Waals surface area contributed by atoms with Gasteiger partial charge in [-0.25, -0.2) is 0 Å². The number of aryl methyl sites for hydroxylation is 1. The van der Waals surface area contributed by atoms with E-state index in [-0.39, 0.29) is 6.61 Å². The first-order chi connectivity index (χ1) is 6.81. The van der Waals surface area contributed by atoms with Crippen LogP contribution in [0, 0.1) is 6.92 Å². The van der Waals surface area contributed by atoms with Gasteiger partial charge in [-0.05, 0) is 24.6 Å². The molecule has 0 fully saturated rings. The Balaban J connectivity index is 2.30. The van der Waals surface area contributed by atoms with Gasteiger partial charge in [-0.3, -0.25) is 0 Å². The monoisotopic (exact) mass is 193 g/mol. The number of rotatable bonds is 2. The molecule has 1 aliphatic heterocycles. The van der Waals surface area contributed by atoms with E-state index >= 15 is 0 Å². The van der Waals surface area contributed by atoms with Gasteiger partial charge in [-0.2, -0.15) is 0 Å². The van der Waals surface area contributed by atoms with Gasteiger partial charge in [0.05, 0.1) is 18.8 Å². The van der Waals surface area contributed by atoms with Crippen LogP contribution in [0.2, 0.25) is 0 Å². The van der Waals surface area contributed by atoms with Crippen LogP contribution < -0.4 is 9.64 Å². The second-order valence-electron chi connectivity index (χ2n) is 3.53. The summed E-state index contributed by atoms with van der Waals surface area (Å²) in [5, 5.41) is 8.92. The molecule has 14 heavy (non-hydrogen) atoms. The van der Waals surface area contributed by atoms with E-state index in [0.717, 1.165) is 18.0 Å². The van der Waals surface area contributed by atoms with Crippen molar-refractivity contribution in [2.24, 2.45) is 0 Å². The van der Waals surface area contributed by atoms with Gasteiger partial charge in [0, 0.05) is 6.54 Å². The third-order valence-electron chi connectivity index (χ3n) is 2.44. The largest absolute Gasteiger partial charge is 0.490 e. The number of β-amino-alcohol motifs (C(OH)–C–C–N with tert-alkyl or cyclic N) is 1. The Bertz CT molecular complexity index is 325. The molecule has 2 rings (SSSR count). The van der Waals surface area contributed by atoms with Crippen molar-refractivity contribution in [1.82, 2.24) is 0 Å². The van der Waals surface area contributed by atoms with Crippen LogP contribution in [0.25, 0.3) is 0 Å². The fourth-order valence-corrected chi connectivity index (χ4v) is 1.74. The van der Waals surface area contributed by atoms with E-state index < -0.39 is 0 Å². The number of hydrogen-bond donors (Lipinski definition) is 1. The van der Waals surface area contributed by atoms with Crippen molar-refractivity contribution in [3.05, 3.63) is 23.8 Å². The first kappa shape index (κ1) is 9.34. The molecule has 0 saturated carbocycles. The highest BCUT2D eigenvalue weighted by Crippen LogP contribution is 2.31. The van der Waals surface area contributed by atoms with Crippen molar-refractivity contribution in [2.75, 3.05) is 31.2 Å². The number of anilines is 1. The molecule has 1 aromatic carbocycles. The van der Waals surface area contributed by atoms with Gasteiger partial charge in [0.1, 0.15) is 12.4 Å². The molecule has 1 aliphatic rings. The number of fused-ring (bicyclic) bond motifs is 1. The summed E-state index contributed by atoms with van der Waals surface area (Å²) in [5.74, 6) is 0.935. The quantitative estimate of drug-likeness (QED) is 0.765. The lowest BCUT2D eigenvalue weighted by molar-refractivity contribution is 0.278. The van der Waals surface area contributed by atoms with Crippen molar-refractivity contribution in [3.63, 3.8) is 0 Å². The molecule has 3 heteroatoms. The Kier molecular flexibility index (Phi) is 2.59. The zero-order chi connectivity index (χ0) is 9.97. The molecule has 0 aliphatic carbocycles. The molecule has 0 spiro atoms. The summed E-state index contributed by atoms with van der Waals surface area (Å²) in [5.41, 5.74) is 2.30. The van der Waals surface area contributed by atoms with E-state index in [1.165, 1.54) is 5.56 Å². The van der Waals surface area contributed by atoms with Gasteiger partial charge >= 0.3 is 0 Å². The molecule has 0 saturated heterocycles. The third-order valence-corrected chi connectivity index (χ3v) is 2.44. The average molecular weight is 193 g/mol. The highest BCUT2D eigenvalue weighted by Gasteiger charge is 2.16. The number of benzene rings is 1. The molecule has 0 radical (unpaired) electrons. The topological polar surface area (TPSA) is 32.7 Å². The van der Waals surface area contributed by atoms with E-state index in [1.54, 1.807) is 0 Å². The molecular weight excluding hydrogens is 178 g/mol. The minimum Gasteiger partial charge on any atom is -0.490 e. The highest BCUT2D eigenvalue weighted by molar-refractivity contribution is 5.60. The minimum absolute atomic E-state index is 0.188. The standard InChI is InChI=1S/C11H15NO2/c1-9-2-3-10-11(8-9)14-7-5-12(10)4-6-13/h2-3,8,13H,4-7H2,1H3. The van der Waals surface area contributed by atoms with E-state index in [9.17, 15) is 0 Å². The fourth-order valence-electron chi connectivity index (χ4n) is 1.74. The van der Waals surface area contributed by atoms with Crippen LogP contribution in [0.3, 0.4) is 0 Å². The molecule has 1 heterocycles. The summed E-state index contributed by atoms with van der Waals surface area (Å²) in [6.45, 7) is 4.48. The average Bonchev–Trinajstić information content (AvgIpc) is 2.18. The van der Waals surface area contributed by atoms with Crippen LogP contribution in [0.4, 0.5) is 5.69 Å². The molecule has 0 atom stereocenters. The first-order valence-corrected chi connectivity index (χ1v) is 4.90. The van der Waals surface area contributed by atoms with Crippen LogP contribution in [-0.4, -0.2) is 31.4 Å². The number of ether oxygens (including phenoxy) is 1. The summed E-state index contributed by atoms with van der Waals surface area (Å²) < 4.78 is 5.56. The lowest BCUT2D eigenvalue weighted by atomic mass is 10.1. The first-order valence-electron chi connectivity index (χ1n) is 4.90. The maximum Gasteiger partial charge on any atom is 0.142 e. The zero-order valence-corrected chi connectivity index (χ0v) is 8.36. The van der Waals surface area contributed by atoms with Gasteiger partial charge in [-0.1, -0.05) is 6.07 Å². The molecule has 76 valence electrons. The minimum atomic E-state index is 0.188. The summed E-state index contributed by atoms with van der Waals surface area (Å²) in [4.78, 5) is 2.15. The predicted octanol–water partition coefficient (Wildman–Crippen LogP) is 1.19. The van der Waals surface area contributed by atoms with Crippen molar-refractivity contribution in [2.45, 2.75) is 6.92 Å². The second kappa shape index (κ2) is 3.88. The van der Waals surface area contributed by atoms with Crippen molar-refractivity contribution < 1.29 is 9.84 Å². The van der Waals surface area contributed by atoms with Crippen molar-refractivity contribution in [3.8, 4) is 5.75 Å². The Morgan fingerprint density at radius 1 is 1.50 bits per heavy atom. The smallest absolute Gasteiger partial charge is 0.142 e. The Labute approximate surface area is 83.9 Å². The third kappa shape index (κ3) is 1.68. The van der Waals surface area contributed by atoms with E-state index in [1.807, 2.05) is 6.07 Å². The van der Waals surface area contributed by atoms with Gasteiger partial charge < -0.3 is 14.7 Å². The number of aliphatic hydroxyl groups excluding tert-OH is 1. The lowest BCUT2D eigenvalue weighted by Crippen LogP contribution is -2.34. The van der Waals surface area contributed by atoms with E-state index in [2.05, 4.69) is 24.0 Å². The number of aliphatic hydroxyl groups is 1. The van der Waals surface area contributed by atoms with E-state index in [4.69, 9.17) is 9.84 Å². The maximum atomic E-state index is 8.92. The molecule has 3 nitrogen and oxygen atoms in total. The maximum absolute atomic E-state index is 8.92. The van der Waals surface area contributed by atoms with Gasteiger partial charge in [0.2, 0.25) is 0 Å². The molecule has 0 aromatic heterocycles. The highest BCUT2D eigenvalue weighted by atomic mass is 16.5. The van der Waals surface area contributed by atoms with Crippen molar-refractivity contribution in [1.29, 1.82) is 0 Å². The molecule has 0 amide bonds. The molecule has 1 N–H and O–H groups in total. The summed E-state index contributed by atoms with van der Waals surface area (Å²) in [6, 6.07) is 6.16. The molecule has 0 bridgehead atoms. The summed E-state index contributed by atoms with van der Waals surface area (Å²) in [7, 11) is 0. The van der Waals surface area contributed by atoms with Crippen LogP contribution in [0.15, 0.2) is 18.2 Å². The summed E-state index contributed by atoms with van der Waals surface area (Å²) >= 11 is 0. The van der Waals surface area contributed by atoms with Crippen molar-refractivity contribution >= 4 is 5.69 Å². The predicted molar refractivity (Wildman–Crippen MR) is 56.0 cm³/mol. The van der Waals surface area contributed by atoms with Crippen LogP contribution in [-0.2, 0) is 0 Å². The number of hydrogen-bond acceptors (Lipinski definition) is 3. The Morgan fingerprint density at radius 2 is 2.36 bits per heavy atom. The van der Waals surface area contributed by atoms with Crippen LogP contribution in [0.1, 0.15) is 5.56 Å². The molecular formula is C11H15NO2. The van der Waals surface area contributed by atoms with E-state index in [0.29, 0.717) is 13.2 Å². The lowest BCUT2D eigenvalue weighted by Gasteiger charge is -2.30. The summed E-state index contributed by atoms with van der Waals surface area (Å²) in [6.07, 6.45) is 0. The zero-order valence-electron chi connectivity index (χ0n) is 8.36. The van der Waals surface area contributed by atoms with Gasteiger partial charge in [0.15, 0.2) is 0 Å². The fraction of sp³-hybridized carbons (Fsp3) is 0.455. The normalized spacial score (nSPS) is 14.9. The van der Waals surface area contributed by atoms with Crippen LogP contribution in [0.5, 0.6) is 5.75 Å². The van der Waals surface area contributed by atoms with Gasteiger partial charge in [0.25, 0.3) is 0 Å².